The average Bonchev–Trinajstić information content (AvgIpc) is 2.74. The first-order chi connectivity index (χ1) is 8.78. The lowest BCUT2D eigenvalue weighted by Gasteiger charge is -2.28. The molecule has 19 heavy (non-hydrogen) atoms. The molecule has 0 unspecified atom stereocenters. The van der Waals surface area contributed by atoms with Gasteiger partial charge < -0.3 is 10.2 Å². The number of carbonyl (C=O) groups is 1. The van der Waals surface area contributed by atoms with Crippen LogP contribution in [-0.4, -0.2) is 41.2 Å². The van der Waals surface area contributed by atoms with Crippen LogP contribution in [0.25, 0.3) is 0 Å². The maximum absolute atomic E-state index is 12.4. The highest BCUT2D eigenvalue weighted by Crippen LogP contribution is 2.33. The van der Waals surface area contributed by atoms with Crippen LogP contribution in [0.1, 0.15) is 18.4 Å². The maximum Gasteiger partial charge on any atom is 0.352 e. The molecule has 104 valence electrons. The van der Waals surface area contributed by atoms with E-state index < -0.39 is 21.7 Å². The molecule has 7 heteroatoms. The van der Waals surface area contributed by atoms with E-state index >= 15 is 0 Å². The highest BCUT2D eigenvalue weighted by molar-refractivity contribution is 7.89. The summed E-state index contributed by atoms with van der Waals surface area (Å²) in [5, 5.41) is 19.1. The number of rotatable bonds is 3. The van der Waals surface area contributed by atoms with E-state index in [4.69, 9.17) is 5.11 Å². The Hall–Kier alpha value is -1.44. The fraction of sp³-hybridized carbons (Fsp3) is 0.417. The van der Waals surface area contributed by atoms with E-state index in [0.29, 0.717) is 10.7 Å². The van der Waals surface area contributed by atoms with Crippen LogP contribution < -0.4 is 0 Å². The lowest BCUT2D eigenvalue weighted by Crippen LogP contribution is -2.52. The van der Waals surface area contributed by atoms with E-state index in [1.807, 2.05) is 6.92 Å². The van der Waals surface area contributed by atoms with Crippen LogP contribution >= 0.6 is 0 Å². The molecule has 1 aromatic carbocycles. The normalized spacial score (nSPS) is 24.5. The van der Waals surface area contributed by atoms with Crippen LogP contribution in [0.15, 0.2) is 29.2 Å². The maximum atomic E-state index is 12.4. The smallest absolute Gasteiger partial charge is 0.352 e. The van der Waals surface area contributed by atoms with Crippen molar-refractivity contribution in [2.45, 2.75) is 30.4 Å². The highest BCUT2D eigenvalue weighted by Gasteiger charge is 2.52. The van der Waals surface area contributed by atoms with Gasteiger partial charge in [-0.2, -0.15) is 4.31 Å². The Morgan fingerprint density at radius 3 is 2.42 bits per heavy atom. The third kappa shape index (κ3) is 2.24. The summed E-state index contributed by atoms with van der Waals surface area (Å²) in [5.74, 6) is -1.54. The standard InChI is InChI=1S/C12H15NO5S/c1-9-3-5-10(6-4-9)19(17,18)13-8-2-7-12(13,16)11(14)15/h3-6,16H,2,7-8H2,1H3,(H,14,15)/t12-/m1/s1. The first kappa shape index (κ1) is 14.0. The van der Waals surface area contributed by atoms with Crippen LogP contribution in [0.2, 0.25) is 0 Å². The number of carboxylic acid groups (broad SMARTS) is 1. The van der Waals surface area contributed by atoms with Crippen LogP contribution in [0.4, 0.5) is 0 Å². The predicted octanol–water partition coefficient (Wildman–Crippen LogP) is 0.553. The molecule has 0 spiro atoms. The second kappa shape index (κ2) is 4.59. The second-order valence-electron chi connectivity index (χ2n) is 4.62. The summed E-state index contributed by atoms with van der Waals surface area (Å²) >= 11 is 0. The van der Waals surface area contributed by atoms with Gasteiger partial charge in [-0.05, 0) is 25.5 Å². The summed E-state index contributed by atoms with van der Waals surface area (Å²) in [7, 11) is -4.01. The highest BCUT2D eigenvalue weighted by atomic mass is 32.2. The molecule has 0 amide bonds. The van der Waals surface area contributed by atoms with Crippen LogP contribution in [0.5, 0.6) is 0 Å². The molecule has 1 heterocycles. The Bertz CT molecular complexity index is 595. The number of aliphatic carboxylic acids is 1. The van der Waals surface area contributed by atoms with Gasteiger partial charge in [0.05, 0.1) is 4.90 Å². The molecule has 1 saturated heterocycles. The monoisotopic (exact) mass is 285 g/mol. The van der Waals surface area contributed by atoms with E-state index in [-0.39, 0.29) is 17.9 Å². The van der Waals surface area contributed by atoms with Crippen molar-refractivity contribution >= 4 is 16.0 Å². The zero-order valence-corrected chi connectivity index (χ0v) is 11.2. The molecule has 2 rings (SSSR count). The number of sulfonamides is 1. The van der Waals surface area contributed by atoms with Crippen molar-refractivity contribution in [2.75, 3.05) is 6.54 Å². The molecular formula is C12H15NO5S. The topological polar surface area (TPSA) is 94.9 Å². The van der Waals surface area contributed by atoms with Gasteiger partial charge in [0, 0.05) is 13.0 Å². The van der Waals surface area contributed by atoms with Crippen molar-refractivity contribution in [1.29, 1.82) is 0 Å². The molecule has 0 bridgehead atoms. The fourth-order valence-corrected chi connectivity index (χ4v) is 3.82. The predicted molar refractivity (Wildman–Crippen MR) is 66.9 cm³/mol. The van der Waals surface area contributed by atoms with Crippen LogP contribution in [0, 0.1) is 6.92 Å². The molecule has 0 aliphatic carbocycles. The Kier molecular flexibility index (Phi) is 3.38. The third-order valence-electron chi connectivity index (χ3n) is 3.25. The molecule has 0 aromatic heterocycles. The number of aryl methyl sites for hydroxylation is 1. The van der Waals surface area contributed by atoms with Gasteiger partial charge in [0.15, 0.2) is 0 Å². The van der Waals surface area contributed by atoms with E-state index in [1.165, 1.54) is 12.1 Å². The molecule has 1 aromatic rings. The SMILES string of the molecule is Cc1ccc(S(=O)(=O)N2CCC[C@@]2(O)C(=O)O)cc1. The number of hydrogen-bond acceptors (Lipinski definition) is 4. The minimum absolute atomic E-state index is 0.000982. The minimum atomic E-state index is -4.01. The van der Waals surface area contributed by atoms with E-state index in [0.717, 1.165) is 5.56 Å². The molecule has 1 aliphatic heterocycles. The molecule has 0 saturated carbocycles. The van der Waals surface area contributed by atoms with Crippen molar-refractivity contribution in [3.05, 3.63) is 29.8 Å². The Balaban J connectivity index is 2.45. The number of nitrogens with zero attached hydrogens (tertiary/aromatic N) is 1. The Morgan fingerprint density at radius 1 is 1.32 bits per heavy atom. The number of hydrogen-bond donors (Lipinski definition) is 2. The first-order valence-corrected chi connectivity index (χ1v) is 7.28. The number of carboxylic acids is 1. The summed E-state index contributed by atoms with van der Waals surface area (Å²) in [6.45, 7) is 1.82. The summed E-state index contributed by atoms with van der Waals surface area (Å²) in [6.07, 6.45) is 0.210. The van der Waals surface area contributed by atoms with Crippen LogP contribution in [0.3, 0.4) is 0 Å². The average molecular weight is 285 g/mol. The molecule has 6 nitrogen and oxygen atoms in total. The van der Waals surface area contributed by atoms with Gasteiger partial charge in [0.25, 0.3) is 0 Å². The van der Waals surface area contributed by atoms with Crippen molar-refractivity contribution < 1.29 is 23.4 Å². The second-order valence-corrected chi connectivity index (χ2v) is 6.48. The summed E-state index contributed by atoms with van der Waals surface area (Å²) in [4.78, 5) is 11.1. The lowest BCUT2D eigenvalue weighted by molar-refractivity contribution is -0.168. The van der Waals surface area contributed by atoms with E-state index in [9.17, 15) is 18.3 Å². The largest absolute Gasteiger partial charge is 0.478 e. The molecule has 2 N–H and O–H groups in total. The van der Waals surface area contributed by atoms with Gasteiger partial charge in [0.1, 0.15) is 0 Å². The van der Waals surface area contributed by atoms with Crippen molar-refractivity contribution in [3.63, 3.8) is 0 Å². The molecule has 0 radical (unpaired) electrons. The summed E-state index contributed by atoms with van der Waals surface area (Å²) < 4.78 is 25.4. The van der Waals surface area contributed by atoms with Gasteiger partial charge in [-0.15, -0.1) is 0 Å². The number of aliphatic hydroxyl groups is 1. The zero-order valence-electron chi connectivity index (χ0n) is 10.4. The van der Waals surface area contributed by atoms with Crippen LogP contribution in [-0.2, 0) is 14.8 Å². The van der Waals surface area contributed by atoms with Gasteiger partial charge in [-0.25, -0.2) is 13.2 Å². The van der Waals surface area contributed by atoms with Crippen molar-refractivity contribution in [1.82, 2.24) is 4.31 Å². The Morgan fingerprint density at radius 2 is 1.89 bits per heavy atom. The Labute approximate surface area is 111 Å². The van der Waals surface area contributed by atoms with E-state index in [1.54, 1.807) is 12.1 Å². The van der Waals surface area contributed by atoms with Crippen molar-refractivity contribution in [2.24, 2.45) is 0 Å². The molecular weight excluding hydrogens is 270 g/mol. The summed E-state index contributed by atoms with van der Waals surface area (Å²) in [5.41, 5.74) is -1.45. The fourth-order valence-electron chi connectivity index (χ4n) is 2.15. The summed E-state index contributed by atoms with van der Waals surface area (Å²) in [6, 6.07) is 6.07. The minimum Gasteiger partial charge on any atom is -0.478 e. The van der Waals surface area contributed by atoms with Crippen molar-refractivity contribution in [3.8, 4) is 0 Å². The first-order valence-electron chi connectivity index (χ1n) is 5.84. The van der Waals surface area contributed by atoms with Gasteiger partial charge >= 0.3 is 5.97 Å². The van der Waals surface area contributed by atoms with Gasteiger partial charge in [-0.1, -0.05) is 17.7 Å². The van der Waals surface area contributed by atoms with E-state index in [2.05, 4.69) is 0 Å². The molecule has 1 aliphatic rings. The lowest BCUT2D eigenvalue weighted by atomic mass is 10.2. The number of benzene rings is 1. The zero-order chi connectivity index (χ0) is 14.3. The van der Waals surface area contributed by atoms with Gasteiger partial charge in [-0.3, -0.25) is 0 Å². The molecule has 1 fully saturated rings. The molecule has 1 atom stereocenters. The third-order valence-corrected chi connectivity index (χ3v) is 5.18. The van der Waals surface area contributed by atoms with Gasteiger partial charge in [0.2, 0.25) is 15.7 Å². The quantitative estimate of drug-likeness (QED) is 0.845.